The molecule has 0 heterocycles. The molecule has 3 heteroatoms. The van der Waals surface area contributed by atoms with Crippen molar-refractivity contribution in [3.8, 4) is 0 Å². The Bertz CT molecular complexity index is 223. The lowest BCUT2D eigenvalue weighted by Crippen LogP contribution is -2.37. The van der Waals surface area contributed by atoms with Gasteiger partial charge in [0.15, 0.2) is 0 Å². The maximum Gasteiger partial charge on any atom is 0.225 e. The smallest absolute Gasteiger partial charge is 0.225 e. The minimum Gasteiger partial charge on any atom is -0.345 e. The van der Waals surface area contributed by atoms with Crippen molar-refractivity contribution < 1.29 is 4.79 Å². The fraction of sp³-hybridized carbons (Fsp3) is 0.933. The van der Waals surface area contributed by atoms with Crippen LogP contribution in [-0.2, 0) is 4.79 Å². The van der Waals surface area contributed by atoms with E-state index in [2.05, 4.69) is 27.7 Å². The Labute approximate surface area is 113 Å². The van der Waals surface area contributed by atoms with E-state index in [0.29, 0.717) is 11.8 Å². The van der Waals surface area contributed by atoms with Gasteiger partial charge in [-0.3, -0.25) is 4.79 Å². The average Bonchev–Trinajstić information content (AvgIpc) is 2.34. The van der Waals surface area contributed by atoms with Crippen LogP contribution in [-0.4, -0.2) is 30.4 Å². The minimum absolute atomic E-state index is 0.191. The first-order valence-electron chi connectivity index (χ1n) is 7.44. The van der Waals surface area contributed by atoms with E-state index in [1.54, 1.807) is 0 Å². The van der Waals surface area contributed by atoms with Gasteiger partial charge in [0.2, 0.25) is 5.91 Å². The standard InChI is InChI=1S/C15H32N2O/c1-6-8-13(9-7-2)15(18)17(5)11-10-14(16)12(3)4/h12-14H,6-11,16H2,1-5H3. The summed E-state index contributed by atoms with van der Waals surface area (Å²) < 4.78 is 0. The summed E-state index contributed by atoms with van der Waals surface area (Å²) in [6.45, 7) is 9.32. The molecule has 0 aromatic heterocycles. The van der Waals surface area contributed by atoms with Gasteiger partial charge in [0.25, 0.3) is 0 Å². The molecule has 1 amide bonds. The molecule has 18 heavy (non-hydrogen) atoms. The Balaban J connectivity index is 4.20. The maximum absolute atomic E-state index is 12.3. The van der Waals surface area contributed by atoms with Crippen molar-refractivity contribution in [2.24, 2.45) is 17.6 Å². The average molecular weight is 256 g/mol. The molecular formula is C15H32N2O. The first-order valence-corrected chi connectivity index (χ1v) is 7.44. The molecule has 0 aromatic carbocycles. The molecule has 0 aliphatic rings. The van der Waals surface area contributed by atoms with Gasteiger partial charge in [-0.2, -0.15) is 0 Å². The number of carbonyl (C=O) groups excluding carboxylic acids is 1. The first-order chi connectivity index (χ1) is 8.43. The zero-order chi connectivity index (χ0) is 14.1. The second kappa shape index (κ2) is 9.37. The Morgan fingerprint density at radius 3 is 2.00 bits per heavy atom. The van der Waals surface area contributed by atoms with Gasteiger partial charge in [0, 0.05) is 25.6 Å². The fourth-order valence-corrected chi connectivity index (χ4v) is 2.19. The van der Waals surface area contributed by atoms with E-state index in [4.69, 9.17) is 5.73 Å². The van der Waals surface area contributed by atoms with Crippen LogP contribution in [0.1, 0.15) is 59.8 Å². The number of nitrogens with two attached hydrogens (primary N) is 1. The molecule has 0 fully saturated rings. The molecule has 1 unspecified atom stereocenters. The van der Waals surface area contributed by atoms with E-state index in [9.17, 15) is 4.79 Å². The molecule has 0 saturated carbocycles. The van der Waals surface area contributed by atoms with Gasteiger partial charge in [-0.15, -0.1) is 0 Å². The Kier molecular flexibility index (Phi) is 9.08. The molecule has 1 atom stereocenters. The van der Waals surface area contributed by atoms with Crippen molar-refractivity contribution in [2.45, 2.75) is 65.8 Å². The first kappa shape index (κ1) is 17.4. The van der Waals surface area contributed by atoms with E-state index >= 15 is 0 Å². The van der Waals surface area contributed by atoms with Gasteiger partial charge in [-0.1, -0.05) is 40.5 Å². The largest absolute Gasteiger partial charge is 0.345 e. The molecule has 2 N–H and O–H groups in total. The third-order valence-electron chi connectivity index (χ3n) is 3.65. The molecule has 0 rings (SSSR count). The molecule has 0 spiro atoms. The lowest BCUT2D eigenvalue weighted by atomic mass is 9.96. The molecule has 0 aliphatic carbocycles. The Morgan fingerprint density at radius 2 is 1.61 bits per heavy atom. The summed E-state index contributed by atoms with van der Waals surface area (Å²) in [6.07, 6.45) is 5.07. The van der Waals surface area contributed by atoms with Crippen LogP contribution in [0.4, 0.5) is 0 Å². The van der Waals surface area contributed by atoms with Gasteiger partial charge in [-0.25, -0.2) is 0 Å². The third kappa shape index (κ3) is 6.39. The highest BCUT2D eigenvalue weighted by Gasteiger charge is 2.20. The minimum atomic E-state index is 0.191. The molecule has 3 nitrogen and oxygen atoms in total. The van der Waals surface area contributed by atoms with Crippen molar-refractivity contribution in [1.82, 2.24) is 4.90 Å². The van der Waals surface area contributed by atoms with Gasteiger partial charge >= 0.3 is 0 Å². The van der Waals surface area contributed by atoms with Crippen molar-refractivity contribution in [2.75, 3.05) is 13.6 Å². The second-order valence-corrected chi connectivity index (χ2v) is 5.73. The van der Waals surface area contributed by atoms with Crippen LogP contribution >= 0.6 is 0 Å². The molecule has 0 saturated heterocycles. The van der Waals surface area contributed by atoms with Crippen molar-refractivity contribution in [3.05, 3.63) is 0 Å². The zero-order valence-corrected chi connectivity index (χ0v) is 12.9. The number of carbonyl (C=O) groups is 1. The summed E-state index contributed by atoms with van der Waals surface area (Å²) in [5.41, 5.74) is 6.02. The number of hydrogen-bond acceptors (Lipinski definition) is 2. The summed E-state index contributed by atoms with van der Waals surface area (Å²) in [5.74, 6) is 0.991. The summed E-state index contributed by atoms with van der Waals surface area (Å²) in [5, 5.41) is 0. The quantitative estimate of drug-likeness (QED) is 0.689. The maximum atomic E-state index is 12.3. The van der Waals surface area contributed by atoms with Crippen LogP contribution in [0, 0.1) is 11.8 Å². The van der Waals surface area contributed by atoms with Crippen LogP contribution in [0.5, 0.6) is 0 Å². The summed E-state index contributed by atoms with van der Waals surface area (Å²) in [6, 6.07) is 0.191. The molecule has 0 aliphatic heterocycles. The van der Waals surface area contributed by atoms with Gasteiger partial charge in [-0.05, 0) is 25.2 Å². The number of nitrogens with zero attached hydrogens (tertiary/aromatic N) is 1. The molecule has 0 radical (unpaired) electrons. The summed E-state index contributed by atoms with van der Waals surface area (Å²) in [4.78, 5) is 14.2. The van der Waals surface area contributed by atoms with Gasteiger partial charge in [0.05, 0.1) is 0 Å². The predicted molar refractivity (Wildman–Crippen MR) is 78.4 cm³/mol. The molecular weight excluding hydrogens is 224 g/mol. The number of rotatable bonds is 9. The normalized spacial score (nSPS) is 13.1. The van der Waals surface area contributed by atoms with E-state index in [0.717, 1.165) is 38.6 Å². The van der Waals surface area contributed by atoms with E-state index in [-0.39, 0.29) is 12.0 Å². The predicted octanol–water partition coefficient (Wildman–Crippen LogP) is 3.03. The van der Waals surface area contributed by atoms with Crippen molar-refractivity contribution >= 4 is 5.91 Å². The lowest BCUT2D eigenvalue weighted by Gasteiger charge is -2.25. The van der Waals surface area contributed by atoms with Crippen molar-refractivity contribution in [3.63, 3.8) is 0 Å². The van der Waals surface area contributed by atoms with E-state index < -0.39 is 0 Å². The highest BCUT2D eigenvalue weighted by molar-refractivity contribution is 5.78. The van der Waals surface area contributed by atoms with Crippen LogP contribution in [0.3, 0.4) is 0 Å². The monoisotopic (exact) mass is 256 g/mol. The SMILES string of the molecule is CCCC(CCC)C(=O)N(C)CCC(N)C(C)C. The number of hydrogen-bond donors (Lipinski definition) is 1. The van der Waals surface area contributed by atoms with Crippen molar-refractivity contribution in [1.29, 1.82) is 0 Å². The third-order valence-corrected chi connectivity index (χ3v) is 3.65. The van der Waals surface area contributed by atoms with E-state index in [1.165, 1.54) is 0 Å². The Morgan fingerprint density at radius 1 is 1.11 bits per heavy atom. The van der Waals surface area contributed by atoms with Crippen LogP contribution in [0.25, 0.3) is 0 Å². The Hall–Kier alpha value is -0.570. The molecule has 0 bridgehead atoms. The van der Waals surface area contributed by atoms with Gasteiger partial charge in [0.1, 0.15) is 0 Å². The zero-order valence-electron chi connectivity index (χ0n) is 12.9. The summed E-state index contributed by atoms with van der Waals surface area (Å²) in [7, 11) is 1.91. The van der Waals surface area contributed by atoms with E-state index in [1.807, 2.05) is 11.9 Å². The van der Waals surface area contributed by atoms with Crippen LogP contribution < -0.4 is 5.73 Å². The molecule has 108 valence electrons. The summed E-state index contributed by atoms with van der Waals surface area (Å²) >= 11 is 0. The topological polar surface area (TPSA) is 46.3 Å². The highest BCUT2D eigenvalue weighted by Crippen LogP contribution is 2.16. The lowest BCUT2D eigenvalue weighted by molar-refractivity contribution is -0.134. The fourth-order valence-electron chi connectivity index (χ4n) is 2.19. The van der Waals surface area contributed by atoms with Gasteiger partial charge < -0.3 is 10.6 Å². The van der Waals surface area contributed by atoms with Crippen LogP contribution in [0.2, 0.25) is 0 Å². The highest BCUT2D eigenvalue weighted by atomic mass is 16.2. The van der Waals surface area contributed by atoms with Crippen LogP contribution in [0.15, 0.2) is 0 Å². The number of amides is 1. The molecule has 0 aromatic rings. The second-order valence-electron chi connectivity index (χ2n) is 5.73.